The Balaban J connectivity index is 3.57. The minimum atomic E-state index is -5.02. The Morgan fingerprint density at radius 1 is 1.39 bits per heavy atom. The first-order chi connectivity index (χ1) is 8.12. The number of hydrogen-bond acceptors (Lipinski definition) is 3. The molecule has 0 spiro atoms. The largest absolute Gasteiger partial charge is 0.417 e. The molecule has 0 aliphatic heterocycles. The van der Waals surface area contributed by atoms with Crippen molar-refractivity contribution in [2.45, 2.75) is 12.6 Å². The molecule has 0 saturated carbocycles. The molecule has 98 valence electrons. The highest BCUT2D eigenvalue weighted by Crippen LogP contribution is 2.36. The number of nitrogens with two attached hydrogens (primary N) is 1. The lowest BCUT2D eigenvalue weighted by Crippen LogP contribution is -2.19. The molecule has 0 saturated heterocycles. The topological polar surface area (TPSA) is 86.2 Å². The number of alkyl halides is 3. The lowest BCUT2D eigenvalue weighted by atomic mass is 10.0. The standard InChI is InChI=1S/C9H6F4N2O3/c10-4-1-6(9(11,12)13)5(3-8(14)16)7(2-4)15(17)18/h1-2H,3H2,(H2,14,16). The molecule has 1 amide bonds. The molecule has 0 aromatic heterocycles. The fourth-order valence-corrected chi connectivity index (χ4v) is 1.40. The van der Waals surface area contributed by atoms with Gasteiger partial charge in [0.2, 0.25) is 5.91 Å². The summed E-state index contributed by atoms with van der Waals surface area (Å²) < 4.78 is 50.7. The zero-order valence-electron chi connectivity index (χ0n) is 8.62. The fraction of sp³-hybridized carbons (Fsp3) is 0.222. The van der Waals surface area contributed by atoms with E-state index >= 15 is 0 Å². The van der Waals surface area contributed by atoms with Crippen molar-refractivity contribution >= 4 is 11.6 Å². The van der Waals surface area contributed by atoms with Crippen LogP contribution in [0.3, 0.4) is 0 Å². The Morgan fingerprint density at radius 2 is 1.94 bits per heavy atom. The summed E-state index contributed by atoms with van der Waals surface area (Å²) in [6.45, 7) is 0. The Hall–Kier alpha value is -2.19. The number of nitro benzene ring substituents is 1. The smallest absolute Gasteiger partial charge is 0.369 e. The van der Waals surface area contributed by atoms with Gasteiger partial charge in [-0.15, -0.1) is 0 Å². The maximum absolute atomic E-state index is 12.9. The second kappa shape index (κ2) is 4.59. The van der Waals surface area contributed by atoms with E-state index < -0.39 is 46.1 Å². The number of primary amides is 1. The van der Waals surface area contributed by atoms with Crippen LogP contribution in [0.2, 0.25) is 0 Å². The van der Waals surface area contributed by atoms with Gasteiger partial charge in [0.1, 0.15) is 5.82 Å². The highest BCUT2D eigenvalue weighted by Gasteiger charge is 2.38. The van der Waals surface area contributed by atoms with E-state index in [-0.39, 0.29) is 6.07 Å². The van der Waals surface area contributed by atoms with Gasteiger partial charge in [0.05, 0.1) is 28.5 Å². The number of rotatable bonds is 3. The minimum Gasteiger partial charge on any atom is -0.369 e. The highest BCUT2D eigenvalue weighted by molar-refractivity contribution is 5.78. The van der Waals surface area contributed by atoms with Gasteiger partial charge in [-0.05, 0) is 6.07 Å². The first-order valence-corrected chi connectivity index (χ1v) is 4.45. The SMILES string of the molecule is NC(=O)Cc1c([N+](=O)[O-])cc(F)cc1C(F)(F)F. The number of nitro groups is 1. The molecule has 0 radical (unpaired) electrons. The maximum Gasteiger partial charge on any atom is 0.417 e. The third kappa shape index (κ3) is 2.93. The first-order valence-electron chi connectivity index (χ1n) is 4.45. The summed E-state index contributed by atoms with van der Waals surface area (Å²) in [6, 6.07) is 0.402. The van der Waals surface area contributed by atoms with Crippen LogP contribution in [0, 0.1) is 15.9 Å². The van der Waals surface area contributed by atoms with Gasteiger partial charge in [0.25, 0.3) is 5.69 Å². The quantitative estimate of drug-likeness (QED) is 0.514. The maximum atomic E-state index is 12.9. The fourth-order valence-electron chi connectivity index (χ4n) is 1.40. The highest BCUT2D eigenvalue weighted by atomic mass is 19.4. The summed E-state index contributed by atoms with van der Waals surface area (Å²) in [4.78, 5) is 20.0. The number of halogens is 4. The summed E-state index contributed by atoms with van der Waals surface area (Å²) in [5.74, 6) is -2.60. The first kappa shape index (κ1) is 13.9. The zero-order valence-corrected chi connectivity index (χ0v) is 8.62. The molecule has 9 heteroatoms. The Bertz CT molecular complexity index is 513. The lowest BCUT2D eigenvalue weighted by Gasteiger charge is -2.12. The van der Waals surface area contributed by atoms with Crippen molar-refractivity contribution in [3.8, 4) is 0 Å². The van der Waals surface area contributed by atoms with Crippen molar-refractivity contribution < 1.29 is 27.3 Å². The van der Waals surface area contributed by atoms with Crippen LogP contribution < -0.4 is 5.73 Å². The minimum absolute atomic E-state index is 0.0886. The van der Waals surface area contributed by atoms with Crippen LogP contribution in [0.25, 0.3) is 0 Å². The van der Waals surface area contributed by atoms with E-state index in [9.17, 15) is 32.5 Å². The predicted octanol–water partition coefficient (Wildman–Crippen LogP) is 1.78. The molecule has 1 rings (SSSR count). The van der Waals surface area contributed by atoms with Gasteiger partial charge in [-0.1, -0.05) is 0 Å². The monoisotopic (exact) mass is 266 g/mol. The Labute approximate surface area is 97.3 Å². The van der Waals surface area contributed by atoms with Gasteiger partial charge < -0.3 is 5.73 Å². The number of carbonyl (C=O) groups excluding carboxylic acids is 1. The molecule has 0 heterocycles. The van der Waals surface area contributed by atoms with Crippen molar-refractivity contribution in [1.82, 2.24) is 0 Å². The number of hydrogen-bond donors (Lipinski definition) is 1. The molecule has 0 atom stereocenters. The normalized spacial score (nSPS) is 11.3. The summed E-state index contributed by atoms with van der Waals surface area (Å²) >= 11 is 0. The van der Waals surface area contributed by atoms with Crippen molar-refractivity contribution in [3.05, 3.63) is 39.2 Å². The predicted molar refractivity (Wildman–Crippen MR) is 51.0 cm³/mol. The van der Waals surface area contributed by atoms with Crippen LogP contribution in [0.4, 0.5) is 23.2 Å². The molecule has 0 aliphatic carbocycles. The van der Waals surface area contributed by atoms with Gasteiger partial charge in [-0.2, -0.15) is 13.2 Å². The molecule has 0 aliphatic rings. The van der Waals surface area contributed by atoms with E-state index in [1.54, 1.807) is 0 Å². The average Bonchev–Trinajstić information content (AvgIpc) is 2.17. The van der Waals surface area contributed by atoms with Crippen LogP contribution in [0.15, 0.2) is 12.1 Å². The van der Waals surface area contributed by atoms with Crippen molar-refractivity contribution in [1.29, 1.82) is 0 Å². The molecule has 0 bridgehead atoms. The summed E-state index contributed by atoms with van der Waals surface area (Å²) in [5, 5.41) is 10.6. The van der Waals surface area contributed by atoms with Crippen LogP contribution in [0.1, 0.15) is 11.1 Å². The third-order valence-electron chi connectivity index (χ3n) is 2.04. The molecule has 2 N–H and O–H groups in total. The second-order valence-corrected chi connectivity index (χ2v) is 3.35. The molecule has 5 nitrogen and oxygen atoms in total. The van der Waals surface area contributed by atoms with Crippen LogP contribution >= 0.6 is 0 Å². The van der Waals surface area contributed by atoms with Crippen LogP contribution in [0.5, 0.6) is 0 Å². The summed E-state index contributed by atoms with van der Waals surface area (Å²) in [6.07, 6.45) is -6.01. The van der Waals surface area contributed by atoms with E-state index in [1.807, 2.05) is 0 Å². The zero-order chi connectivity index (χ0) is 14.1. The molecular formula is C9H6F4N2O3. The lowest BCUT2D eigenvalue weighted by molar-refractivity contribution is -0.386. The summed E-state index contributed by atoms with van der Waals surface area (Å²) in [7, 11) is 0. The molecule has 18 heavy (non-hydrogen) atoms. The van der Waals surface area contributed by atoms with E-state index in [0.29, 0.717) is 6.07 Å². The molecule has 0 unspecified atom stereocenters. The number of carbonyl (C=O) groups is 1. The van der Waals surface area contributed by atoms with Crippen molar-refractivity contribution in [3.63, 3.8) is 0 Å². The number of benzene rings is 1. The van der Waals surface area contributed by atoms with E-state index in [2.05, 4.69) is 0 Å². The molecular weight excluding hydrogens is 260 g/mol. The van der Waals surface area contributed by atoms with Crippen molar-refractivity contribution in [2.24, 2.45) is 5.73 Å². The average molecular weight is 266 g/mol. The van der Waals surface area contributed by atoms with E-state index in [1.165, 1.54) is 0 Å². The number of amides is 1. The van der Waals surface area contributed by atoms with Gasteiger partial charge in [-0.25, -0.2) is 4.39 Å². The Kier molecular flexibility index (Phi) is 3.54. The third-order valence-corrected chi connectivity index (χ3v) is 2.04. The van der Waals surface area contributed by atoms with Gasteiger partial charge in [-0.3, -0.25) is 14.9 Å². The van der Waals surface area contributed by atoms with Crippen LogP contribution in [-0.4, -0.2) is 10.8 Å². The van der Waals surface area contributed by atoms with Gasteiger partial charge in [0, 0.05) is 0 Å². The Morgan fingerprint density at radius 3 is 2.33 bits per heavy atom. The number of nitrogens with zero attached hydrogens (tertiary/aromatic N) is 1. The van der Waals surface area contributed by atoms with Crippen molar-refractivity contribution in [2.75, 3.05) is 0 Å². The van der Waals surface area contributed by atoms with Gasteiger partial charge in [0.15, 0.2) is 0 Å². The van der Waals surface area contributed by atoms with E-state index in [0.717, 1.165) is 0 Å². The van der Waals surface area contributed by atoms with Crippen LogP contribution in [-0.2, 0) is 17.4 Å². The molecule has 1 aromatic rings. The molecule has 1 aromatic carbocycles. The second-order valence-electron chi connectivity index (χ2n) is 3.35. The van der Waals surface area contributed by atoms with E-state index in [4.69, 9.17) is 5.73 Å². The van der Waals surface area contributed by atoms with Gasteiger partial charge >= 0.3 is 6.18 Å². The molecule has 0 fully saturated rings. The summed E-state index contributed by atoms with van der Waals surface area (Å²) in [5.41, 5.74) is 1.08.